The van der Waals surface area contributed by atoms with E-state index in [4.69, 9.17) is 28.0 Å². The number of carbonyl (C=O) groups excluding carboxylic acids is 1. The first kappa shape index (κ1) is 20.7. The van der Waals surface area contributed by atoms with E-state index in [2.05, 4.69) is 26.0 Å². The molecule has 2 aliphatic rings. The topological polar surface area (TPSA) is 45.1 Å². The minimum Gasteiger partial charge on any atom is -0.382 e. The molecule has 2 aromatic rings. The summed E-state index contributed by atoms with van der Waals surface area (Å²) < 4.78 is 0.974. The van der Waals surface area contributed by atoms with Crippen LogP contribution in [0.4, 0.5) is 0 Å². The van der Waals surface area contributed by atoms with Crippen molar-refractivity contribution in [2.75, 3.05) is 26.2 Å². The van der Waals surface area contributed by atoms with Crippen molar-refractivity contribution in [3.63, 3.8) is 0 Å². The Hall–Kier alpha value is -1.60. The van der Waals surface area contributed by atoms with Crippen LogP contribution < -0.4 is 0 Å². The smallest absolute Gasteiger partial charge is 0.266 e. The highest BCUT2D eigenvalue weighted by Crippen LogP contribution is 2.26. The zero-order valence-electron chi connectivity index (χ0n) is 15.7. The first-order chi connectivity index (χ1) is 14.0. The fraction of sp³-hybridized carbons (Fsp3) is 0.333. The first-order valence-electron chi connectivity index (χ1n) is 9.44. The quantitative estimate of drug-likeness (QED) is 0.621. The van der Waals surface area contributed by atoms with Gasteiger partial charge in [-0.25, -0.2) is 0 Å². The third-order valence-electron chi connectivity index (χ3n) is 5.23. The van der Waals surface area contributed by atoms with Crippen LogP contribution in [0.2, 0.25) is 10.0 Å². The Morgan fingerprint density at radius 3 is 2.48 bits per heavy atom. The van der Waals surface area contributed by atoms with Crippen molar-refractivity contribution in [1.29, 1.82) is 0 Å². The Morgan fingerprint density at radius 1 is 1.10 bits per heavy atom. The van der Waals surface area contributed by atoms with Crippen LogP contribution in [0.5, 0.6) is 0 Å². The molecule has 8 heteroatoms. The lowest BCUT2D eigenvalue weighted by atomic mass is 10.0. The number of amides is 1. The molecular formula is C21H20BrCl2N3O2. The van der Waals surface area contributed by atoms with E-state index in [1.54, 1.807) is 0 Å². The number of benzene rings is 2. The number of piperazine rings is 1. The van der Waals surface area contributed by atoms with E-state index in [0.29, 0.717) is 36.1 Å². The number of oxime groups is 1. The highest BCUT2D eigenvalue weighted by molar-refractivity contribution is 9.10. The first-order valence-corrected chi connectivity index (χ1v) is 11.0. The Labute approximate surface area is 188 Å². The van der Waals surface area contributed by atoms with Crippen LogP contribution in [-0.4, -0.2) is 53.7 Å². The van der Waals surface area contributed by atoms with Gasteiger partial charge in [-0.15, -0.1) is 0 Å². The Bertz CT molecular complexity index is 925. The second-order valence-electron chi connectivity index (χ2n) is 7.15. The molecular weight excluding hydrogens is 477 g/mol. The monoisotopic (exact) mass is 495 g/mol. The van der Waals surface area contributed by atoms with E-state index in [1.165, 1.54) is 0 Å². The molecule has 29 heavy (non-hydrogen) atoms. The number of halogens is 3. The van der Waals surface area contributed by atoms with Crippen LogP contribution in [0.1, 0.15) is 17.5 Å². The fourth-order valence-electron chi connectivity index (χ4n) is 3.59. The third kappa shape index (κ3) is 4.77. The maximum absolute atomic E-state index is 12.9. The SMILES string of the molecule is O=C(C1CC(c2cccc(Br)c2)=NO1)N1CCN(Cc2c(Cl)cccc2Cl)CC1. The van der Waals surface area contributed by atoms with Gasteiger partial charge in [0, 0.05) is 64.8 Å². The van der Waals surface area contributed by atoms with Crippen LogP contribution in [0.3, 0.4) is 0 Å². The molecule has 0 aliphatic carbocycles. The van der Waals surface area contributed by atoms with E-state index < -0.39 is 6.10 Å². The van der Waals surface area contributed by atoms with Gasteiger partial charge in [0.1, 0.15) is 0 Å². The Balaban J connectivity index is 1.31. The normalized spacial score (nSPS) is 19.8. The molecule has 0 radical (unpaired) electrons. The number of hydrogen-bond acceptors (Lipinski definition) is 4. The Kier molecular flexibility index (Phi) is 6.44. The molecule has 4 rings (SSSR count). The summed E-state index contributed by atoms with van der Waals surface area (Å²) in [6.07, 6.45) is -0.0568. The fourth-order valence-corrected chi connectivity index (χ4v) is 4.50. The van der Waals surface area contributed by atoms with Crippen LogP contribution in [0.25, 0.3) is 0 Å². The molecule has 5 nitrogen and oxygen atoms in total. The number of nitrogens with zero attached hydrogens (tertiary/aromatic N) is 3. The minimum atomic E-state index is -0.548. The van der Waals surface area contributed by atoms with Crippen molar-refractivity contribution in [3.8, 4) is 0 Å². The molecule has 152 valence electrons. The second kappa shape index (κ2) is 9.04. The van der Waals surface area contributed by atoms with Gasteiger partial charge in [0.2, 0.25) is 6.10 Å². The molecule has 0 N–H and O–H groups in total. The van der Waals surface area contributed by atoms with Gasteiger partial charge in [-0.1, -0.05) is 62.5 Å². The van der Waals surface area contributed by atoms with E-state index in [1.807, 2.05) is 47.4 Å². The number of rotatable bonds is 4. The number of carbonyl (C=O) groups is 1. The summed E-state index contributed by atoms with van der Waals surface area (Å²) in [4.78, 5) is 22.5. The molecule has 2 heterocycles. The van der Waals surface area contributed by atoms with Gasteiger partial charge in [-0.2, -0.15) is 0 Å². The second-order valence-corrected chi connectivity index (χ2v) is 8.88. The summed E-state index contributed by atoms with van der Waals surface area (Å²) in [7, 11) is 0. The predicted molar refractivity (Wildman–Crippen MR) is 118 cm³/mol. The summed E-state index contributed by atoms with van der Waals surface area (Å²) >= 11 is 16.0. The Morgan fingerprint density at radius 2 is 1.79 bits per heavy atom. The van der Waals surface area contributed by atoms with E-state index in [9.17, 15) is 4.79 Å². The van der Waals surface area contributed by atoms with Crippen LogP contribution in [0, 0.1) is 0 Å². The molecule has 2 aliphatic heterocycles. The molecule has 0 bridgehead atoms. The molecule has 1 amide bonds. The lowest BCUT2D eigenvalue weighted by Crippen LogP contribution is -2.51. The van der Waals surface area contributed by atoms with Crippen LogP contribution >= 0.6 is 39.1 Å². The lowest BCUT2D eigenvalue weighted by Gasteiger charge is -2.35. The summed E-state index contributed by atoms with van der Waals surface area (Å²) in [6.45, 7) is 3.50. The van der Waals surface area contributed by atoms with Crippen molar-refractivity contribution >= 4 is 50.8 Å². The van der Waals surface area contributed by atoms with Crippen molar-refractivity contribution < 1.29 is 9.63 Å². The van der Waals surface area contributed by atoms with Gasteiger partial charge in [-0.05, 0) is 24.3 Å². The lowest BCUT2D eigenvalue weighted by molar-refractivity contribution is -0.143. The van der Waals surface area contributed by atoms with Gasteiger partial charge in [0.25, 0.3) is 5.91 Å². The minimum absolute atomic E-state index is 0.00540. The molecule has 2 aromatic carbocycles. The molecule has 0 spiro atoms. The molecule has 1 unspecified atom stereocenters. The van der Waals surface area contributed by atoms with E-state index in [0.717, 1.165) is 34.4 Å². The van der Waals surface area contributed by atoms with Gasteiger partial charge in [0.05, 0.1) is 5.71 Å². The highest BCUT2D eigenvalue weighted by Gasteiger charge is 2.34. The standard InChI is InChI=1S/C21H20BrCl2N3O2/c22-15-4-1-3-14(11-15)19-12-20(29-25-19)21(28)27-9-7-26(8-10-27)13-16-17(23)5-2-6-18(16)24/h1-6,11,20H,7-10,12-13H2. The van der Waals surface area contributed by atoms with E-state index in [-0.39, 0.29) is 5.91 Å². The number of hydrogen-bond donors (Lipinski definition) is 0. The molecule has 0 aromatic heterocycles. The van der Waals surface area contributed by atoms with Gasteiger partial charge in [-0.3, -0.25) is 9.69 Å². The summed E-state index contributed by atoms with van der Waals surface area (Å²) in [5.74, 6) is -0.00540. The molecule has 1 atom stereocenters. The predicted octanol–water partition coefficient (Wildman–Crippen LogP) is 4.59. The summed E-state index contributed by atoms with van der Waals surface area (Å²) in [6, 6.07) is 13.4. The largest absolute Gasteiger partial charge is 0.382 e. The van der Waals surface area contributed by atoms with Crippen molar-refractivity contribution in [1.82, 2.24) is 9.80 Å². The van der Waals surface area contributed by atoms with E-state index >= 15 is 0 Å². The van der Waals surface area contributed by atoms with Crippen molar-refractivity contribution in [3.05, 3.63) is 68.1 Å². The van der Waals surface area contributed by atoms with Gasteiger partial charge >= 0.3 is 0 Å². The summed E-state index contributed by atoms with van der Waals surface area (Å²) in [5, 5.41) is 5.49. The molecule has 1 saturated heterocycles. The maximum Gasteiger partial charge on any atom is 0.266 e. The van der Waals surface area contributed by atoms with Crippen LogP contribution in [-0.2, 0) is 16.2 Å². The third-order valence-corrected chi connectivity index (χ3v) is 6.43. The zero-order chi connectivity index (χ0) is 20.4. The average molecular weight is 497 g/mol. The van der Waals surface area contributed by atoms with Crippen molar-refractivity contribution in [2.45, 2.75) is 19.1 Å². The van der Waals surface area contributed by atoms with Gasteiger partial charge in [0.15, 0.2) is 0 Å². The molecule has 1 fully saturated rings. The summed E-state index contributed by atoms with van der Waals surface area (Å²) in [5.41, 5.74) is 2.70. The maximum atomic E-state index is 12.9. The molecule has 0 saturated carbocycles. The average Bonchev–Trinajstić information content (AvgIpc) is 3.21. The van der Waals surface area contributed by atoms with Gasteiger partial charge < -0.3 is 9.74 Å². The van der Waals surface area contributed by atoms with Crippen molar-refractivity contribution in [2.24, 2.45) is 5.16 Å². The highest BCUT2D eigenvalue weighted by atomic mass is 79.9. The zero-order valence-corrected chi connectivity index (χ0v) is 18.8. The van der Waals surface area contributed by atoms with Crippen LogP contribution in [0.15, 0.2) is 52.1 Å².